The molecule has 3 N–H and O–H groups in total. The zero-order chi connectivity index (χ0) is 20.2. The van der Waals surface area contributed by atoms with Crippen molar-refractivity contribution >= 4 is 40.4 Å². The Labute approximate surface area is 177 Å². The second kappa shape index (κ2) is 9.06. The summed E-state index contributed by atoms with van der Waals surface area (Å²) < 4.78 is 0. The minimum Gasteiger partial charge on any atom is -0.353 e. The Balaban J connectivity index is 1.29. The van der Waals surface area contributed by atoms with E-state index in [1.807, 2.05) is 29.0 Å². The van der Waals surface area contributed by atoms with Crippen LogP contribution in [0.3, 0.4) is 0 Å². The summed E-state index contributed by atoms with van der Waals surface area (Å²) >= 11 is 3.03. The fraction of sp³-hybridized carbons (Fsp3) is 0.450. The van der Waals surface area contributed by atoms with Gasteiger partial charge in [0.15, 0.2) is 0 Å². The smallest absolute Gasteiger partial charge is 0.261 e. The predicted molar refractivity (Wildman–Crippen MR) is 113 cm³/mol. The van der Waals surface area contributed by atoms with E-state index in [9.17, 15) is 14.4 Å². The molecule has 2 aliphatic rings. The van der Waals surface area contributed by atoms with Gasteiger partial charge < -0.3 is 16.0 Å². The van der Waals surface area contributed by atoms with Gasteiger partial charge in [0.25, 0.3) is 5.91 Å². The Morgan fingerprint density at radius 2 is 2.03 bits per heavy atom. The molecule has 4 heterocycles. The van der Waals surface area contributed by atoms with Crippen molar-refractivity contribution < 1.29 is 14.4 Å². The Morgan fingerprint density at radius 3 is 2.79 bits per heavy atom. The number of thiophene rings is 2. The van der Waals surface area contributed by atoms with E-state index in [-0.39, 0.29) is 35.8 Å². The Morgan fingerprint density at radius 1 is 1.21 bits per heavy atom. The van der Waals surface area contributed by atoms with Crippen LogP contribution in [0.1, 0.15) is 33.8 Å². The Kier molecular flexibility index (Phi) is 6.27. The molecule has 3 amide bonds. The second-order valence-electron chi connectivity index (χ2n) is 7.39. The lowest BCUT2D eigenvalue weighted by Gasteiger charge is -2.37. The molecule has 2 aliphatic heterocycles. The molecule has 7 nitrogen and oxygen atoms in total. The van der Waals surface area contributed by atoms with Gasteiger partial charge in [0, 0.05) is 36.5 Å². The molecule has 29 heavy (non-hydrogen) atoms. The van der Waals surface area contributed by atoms with Crippen molar-refractivity contribution in [3.8, 4) is 0 Å². The van der Waals surface area contributed by atoms with Gasteiger partial charge in [0.2, 0.25) is 11.8 Å². The van der Waals surface area contributed by atoms with E-state index in [4.69, 9.17) is 0 Å². The largest absolute Gasteiger partial charge is 0.353 e. The van der Waals surface area contributed by atoms with Crippen LogP contribution in [-0.4, -0.2) is 53.8 Å². The van der Waals surface area contributed by atoms with Crippen LogP contribution in [0.15, 0.2) is 35.0 Å². The summed E-state index contributed by atoms with van der Waals surface area (Å²) in [6, 6.07) is 7.43. The van der Waals surface area contributed by atoms with Gasteiger partial charge in [-0.15, -0.1) is 22.7 Å². The zero-order valence-electron chi connectivity index (χ0n) is 15.9. The fourth-order valence-corrected chi connectivity index (χ4v) is 5.27. The second-order valence-corrected chi connectivity index (χ2v) is 9.37. The topological polar surface area (TPSA) is 90.5 Å². The molecule has 2 aromatic rings. The van der Waals surface area contributed by atoms with Gasteiger partial charge in [-0.2, -0.15) is 0 Å². The molecule has 0 aliphatic carbocycles. The van der Waals surface area contributed by atoms with Gasteiger partial charge in [-0.3, -0.25) is 19.3 Å². The monoisotopic (exact) mass is 432 g/mol. The van der Waals surface area contributed by atoms with Crippen molar-refractivity contribution in [2.45, 2.75) is 43.9 Å². The number of nitrogens with one attached hydrogen (secondary N) is 3. The first-order chi connectivity index (χ1) is 14.1. The number of hydrogen-bond donors (Lipinski definition) is 3. The van der Waals surface area contributed by atoms with Gasteiger partial charge in [0.1, 0.15) is 0 Å². The van der Waals surface area contributed by atoms with Crippen molar-refractivity contribution in [3.05, 3.63) is 44.8 Å². The summed E-state index contributed by atoms with van der Waals surface area (Å²) in [6.45, 7) is 1.73. The SMILES string of the molecule is O=C(CC[C@@H]1CNC(=O)[C@@H]2C[C@H](NC(=O)c3cccs3)CN12)NCc1cccs1. The molecule has 0 saturated carbocycles. The van der Waals surface area contributed by atoms with E-state index in [0.717, 1.165) is 4.88 Å². The van der Waals surface area contributed by atoms with E-state index in [1.54, 1.807) is 17.4 Å². The normalized spacial score (nSPS) is 24.0. The van der Waals surface area contributed by atoms with E-state index in [1.165, 1.54) is 11.3 Å². The molecule has 0 bridgehead atoms. The lowest BCUT2D eigenvalue weighted by Crippen LogP contribution is -2.58. The van der Waals surface area contributed by atoms with Crippen LogP contribution in [0.25, 0.3) is 0 Å². The quantitative estimate of drug-likeness (QED) is 0.620. The number of carbonyl (C=O) groups excluding carboxylic acids is 3. The summed E-state index contributed by atoms with van der Waals surface area (Å²) in [5.41, 5.74) is 0. The molecule has 0 aromatic carbocycles. The van der Waals surface area contributed by atoms with Crippen LogP contribution >= 0.6 is 22.7 Å². The van der Waals surface area contributed by atoms with Crippen LogP contribution in [0.4, 0.5) is 0 Å². The fourth-order valence-electron chi connectivity index (χ4n) is 4.00. The molecule has 0 spiro atoms. The average Bonchev–Trinajstić information content (AvgIpc) is 3.47. The van der Waals surface area contributed by atoms with Crippen molar-refractivity contribution in [3.63, 3.8) is 0 Å². The third-order valence-corrected chi connectivity index (χ3v) is 7.19. The first-order valence-electron chi connectivity index (χ1n) is 9.77. The highest BCUT2D eigenvalue weighted by Crippen LogP contribution is 2.26. The number of rotatable bonds is 7. The molecule has 9 heteroatoms. The number of piperazine rings is 1. The summed E-state index contributed by atoms with van der Waals surface area (Å²) in [4.78, 5) is 40.8. The van der Waals surface area contributed by atoms with E-state index >= 15 is 0 Å². The van der Waals surface area contributed by atoms with Gasteiger partial charge in [-0.25, -0.2) is 0 Å². The van der Waals surface area contributed by atoms with E-state index < -0.39 is 0 Å². The first kappa shape index (κ1) is 20.1. The van der Waals surface area contributed by atoms with Crippen LogP contribution in [-0.2, 0) is 16.1 Å². The summed E-state index contributed by atoms with van der Waals surface area (Å²) in [5.74, 6) is -0.0559. The molecule has 2 aromatic heterocycles. The molecule has 2 saturated heterocycles. The molecule has 154 valence electrons. The van der Waals surface area contributed by atoms with Crippen molar-refractivity contribution in [1.82, 2.24) is 20.9 Å². The Hall–Kier alpha value is -2.23. The van der Waals surface area contributed by atoms with Gasteiger partial charge in [-0.05, 0) is 35.7 Å². The maximum absolute atomic E-state index is 12.3. The highest BCUT2D eigenvalue weighted by atomic mass is 32.1. The molecule has 4 rings (SSSR count). The van der Waals surface area contributed by atoms with Gasteiger partial charge >= 0.3 is 0 Å². The van der Waals surface area contributed by atoms with Crippen molar-refractivity contribution in [2.75, 3.05) is 13.1 Å². The van der Waals surface area contributed by atoms with Crippen molar-refractivity contribution in [2.24, 2.45) is 0 Å². The number of fused-ring (bicyclic) bond motifs is 1. The van der Waals surface area contributed by atoms with E-state index in [0.29, 0.717) is 43.8 Å². The predicted octanol–water partition coefficient (Wildman–Crippen LogP) is 1.58. The summed E-state index contributed by atoms with van der Waals surface area (Å²) in [6.07, 6.45) is 1.70. The van der Waals surface area contributed by atoms with Crippen LogP contribution < -0.4 is 16.0 Å². The maximum Gasteiger partial charge on any atom is 0.261 e. The number of nitrogens with zero attached hydrogens (tertiary/aromatic N) is 1. The summed E-state index contributed by atoms with van der Waals surface area (Å²) in [7, 11) is 0. The molecular weight excluding hydrogens is 408 g/mol. The minimum absolute atomic E-state index is 0.0104. The molecule has 2 fully saturated rings. The average molecular weight is 433 g/mol. The maximum atomic E-state index is 12.3. The van der Waals surface area contributed by atoms with Crippen molar-refractivity contribution in [1.29, 1.82) is 0 Å². The number of carbonyl (C=O) groups is 3. The van der Waals surface area contributed by atoms with Crippen LogP contribution in [0, 0.1) is 0 Å². The minimum atomic E-state index is -0.239. The van der Waals surface area contributed by atoms with Gasteiger partial charge in [-0.1, -0.05) is 12.1 Å². The van der Waals surface area contributed by atoms with E-state index in [2.05, 4.69) is 20.9 Å². The molecular formula is C20H24N4O3S2. The number of amides is 3. The van der Waals surface area contributed by atoms with Crippen LogP contribution in [0.5, 0.6) is 0 Å². The molecule has 3 atom stereocenters. The molecule has 0 radical (unpaired) electrons. The first-order valence-corrected chi connectivity index (χ1v) is 11.5. The highest BCUT2D eigenvalue weighted by molar-refractivity contribution is 7.12. The Bertz CT molecular complexity index is 853. The molecule has 0 unspecified atom stereocenters. The lowest BCUT2D eigenvalue weighted by molar-refractivity contribution is -0.129. The number of hydrogen-bond acceptors (Lipinski definition) is 6. The van der Waals surface area contributed by atoms with Crippen LogP contribution in [0.2, 0.25) is 0 Å². The highest BCUT2D eigenvalue weighted by Gasteiger charge is 2.43. The third kappa shape index (κ3) is 4.85. The van der Waals surface area contributed by atoms with Gasteiger partial charge in [0.05, 0.1) is 17.5 Å². The lowest BCUT2D eigenvalue weighted by atomic mass is 10.0. The standard InChI is InChI=1S/C20H24N4O3S2/c25-18(21-11-15-3-1-7-28-15)6-5-14-10-22-19(26)16-9-13(12-24(14)16)23-20(27)17-4-2-8-29-17/h1-4,7-8,13-14,16H,5-6,9-12H2,(H,21,25)(H,22,26)(H,23,27)/t13-,14+,16-/m0/s1. The zero-order valence-corrected chi connectivity index (χ0v) is 17.6. The third-order valence-electron chi connectivity index (χ3n) is 5.45. The summed E-state index contributed by atoms with van der Waals surface area (Å²) in [5, 5.41) is 12.8.